The van der Waals surface area contributed by atoms with Crippen LogP contribution < -0.4 is 4.74 Å². The molecule has 8 heteroatoms. The molecule has 34 heavy (non-hydrogen) atoms. The number of ether oxygens (including phenoxy) is 1. The predicted molar refractivity (Wildman–Crippen MR) is 132 cm³/mol. The largest absolute Gasteiger partial charge is 0.495 e. The highest BCUT2D eigenvalue weighted by molar-refractivity contribution is 7.93. The molecule has 1 atom stereocenters. The second kappa shape index (κ2) is 9.00. The second-order valence-corrected chi connectivity index (χ2v) is 11.2. The number of aryl methyl sites for hydroxylation is 1. The van der Waals surface area contributed by atoms with Crippen molar-refractivity contribution in [3.8, 4) is 11.4 Å². The third-order valence-corrected chi connectivity index (χ3v) is 8.83. The maximum Gasteiger partial charge on any atom is 0.240 e. The average Bonchev–Trinajstić information content (AvgIpc) is 3.22. The smallest absolute Gasteiger partial charge is 0.240 e. The Kier molecular flexibility index (Phi) is 6.40. The third-order valence-electron chi connectivity index (χ3n) is 6.49. The maximum atomic E-state index is 13.8. The molecule has 1 aromatic heterocycles. The first-order valence-corrected chi connectivity index (χ1v) is 12.7. The lowest BCUT2D eigenvalue weighted by atomic mass is 9.87. The lowest BCUT2D eigenvalue weighted by Crippen LogP contribution is -2.44. The molecule has 2 aromatic carbocycles. The molecule has 4 rings (SSSR count). The highest BCUT2D eigenvalue weighted by Gasteiger charge is 2.44. The SMILES string of the molecule is COc1cc(/C=C2\C(C)(C)CCN(C(C)c3ccc(F)cc3)S2(=O)=O)ccc1-n1cnc(C)c1. The summed E-state index contributed by atoms with van der Waals surface area (Å²) in [5.74, 6) is 0.275. The van der Waals surface area contributed by atoms with E-state index in [0.29, 0.717) is 23.6 Å². The van der Waals surface area contributed by atoms with E-state index < -0.39 is 21.5 Å². The molecule has 0 spiro atoms. The number of hydrogen-bond acceptors (Lipinski definition) is 4. The van der Waals surface area contributed by atoms with Crippen LogP contribution in [0.5, 0.6) is 5.75 Å². The second-order valence-electron chi connectivity index (χ2n) is 9.34. The van der Waals surface area contributed by atoms with Gasteiger partial charge in [0.25, 0.3) is 0 Å². The van der Waals surface area contributed by atoms with E-state index >= 15 is 0 Å². The molecule has 1 aliphatic rings. The van der Waals surface area contributed by atoms with Gasteiger partial charge in [-0.15, -0.1) is 0 Å². The van der Waals surface area contributed by atoms with Crippen LogP contribution in [-0.2, 0) is 10.0 Å². The van der Waals surface area contributed by atoms with Crippen molar-refractivity contribution in [2.24, 2.45) is 5.41 Å². The van der Waals surface area contributed by atoms with Crippen LogP contribution in [0.2, 0.25) is 0 Å². The maximum absolute atomic E-state index is 13.8. The topological polar surface area (TPSA) is 64.4 Å². The molecule has 6 nitrogen and oxygen atoms in total. The van der Waals surface area contributed by atoms with Crippen LogP contribution in [0.25, 0.3) is 11.8 Å². The molecule has 0 radical (unpaired) electrons. The van der Waals surface area contributed by atoms with E-state index in [2.05, 4.69) is 4.98 Å². The molecule has 3 aromatic rings. The molecule has 1 unspecified atom stereocenters. The Labute approximate surface area is 200 Å². The number of sulfonamides is 1. The van der Waals surface area contributed by atoms with Gasteiger partial charge in [-0.05, 0) is 61.7 Å². The lowest BCUT2D eigenvalue weighted by molar-refractivity contribution is 0.268. The summed E-state index contributed by atoms with van der Waals surface area (Å²) in [5.41, 5.74) is 2.66. The fraction of sp³-hybridized carbons (Fsp3) is 0.346. The molecular formula is C26H30FN3O3S. The summed E-state index contributed by atoms with van der Waals surface area (Å²) < 4.78 is 50.0. The summed E-state index contributed by atoms with van der Waals surface area (Å²) in [6.45, 7) is 8.06. The number of halogens is 1. The molecule has 0 N–H and O–H groups in total. The van der Waals surface area contributed by atoms with Crippen molar-refractivity contribution < 1.29 is 17.5 Å². The van der Waals surface area contributed by atoms with Crippen molar-refractivity contribution >= 4 is 16.1 Å². The number of hydrogen-bond donors (Lipinski definition) is 0. The van der Waals surface area contributed by atoms with Gasteiger partial charge in [0.05, 0.1) is 29.7 Å². The molecule has 180 valence electrons. The minimum atomic E-state index is -3.76. The first-order valence-electron chi connectivity index (χ1n) is 11.2. The number of methoxy groups -OCH3 is 1. The number of aromatic nitrogens is 2. The standard InChI is InChI=1S/C26H30FN3O3S/c1-18-16-29(17-28-18)23-11-6-20(14-24(23)33-5)15-25-26(3,4)12-13-30(34(25,31)32)19(2)21-7-9-22(27)10-8-21/h6-11,14-17,19H,12-13H2,1-5H3/b25-15+. The van der Waals surface area contributed by atoms with Gasteiger partial charge in [-0.1, -0.05) is 32.0 Å². The molecule has 0 aliphatic carbocycles. The van der Waals surface area contributed by atoms with Crippen molar-refractivity contribution in [3.05, 3.63) is 82.5 Å². The van der Waals surface area contributed by atoms with Crippen molar-refractivity contribution in [1.29, 1.82) is 0 Å². The first-order chi connectivity index (χ1) is 16.0. The third kappa shape index (κ3) is 4.52. The normalized spacial score (nSPS) is 19.8. The van der Waals surface area contributed by atoms with Gasteiger partial charge >= 0.3 is 0 Å². The summed E-state index contributed by atoms with van der Waals surface area (Å²) in [5, 5.41) is 0. The number of allylic oxidation sites excluding steroid dienone is 1. The number of rotatable bonds is 5. The Morgan fingerprint density at radius 2 is 1.88 bits per heavy atom. The lowest BCUT2D eigenvalue weighted by Gasteiger charge is -2.41. The van der Waals surface area contributed by atoms with E-state index in [-0.39, 0.29) is 5.82 Å². The van der Waals surface area contributed by atoms with Crippen LogP contribution >= 0.6 is 0 Å². The van der Waals surface area contributed by atoms with Gasteiger partial charge in [-0.25, -0.2) is 17.8 Å². The minimum absolute atomic E-state index is 0.345. The van der Waals surface area contributed by atoms with Crippen LogP contribution in [0, 0.1) is 18.2 Å². The van der Waals surface area contributed by atoms with Gasteiger partial charge in [0, 0.05) is 24.2 Å². The molecule has 1 fully saturated rings. The van der Waals surface area contributed by atoms with Gasteiger partial charge in [-0.3, -0.25) is 0 Å². The molecule has 0 bridgehead atoms. The molecule has 0 saturated carbocycles. The van der Waals surface area contributed by atoms with Crippen LogP contribution in [0.1, 0.15) is 50.1 Å². The van der Waals surface area contributed by atoms with Crippen LogP contribution in [0.3, 0.4) is 0 Å². The Bertz CT molecular complexity index is 1330. The van der Waals surface area contributed by atoms with Crippen LogP contribution in [0.15, 0.2) is 59.9 Å². The Morgan fingerprint density at radius 3 is 2.50 bits per heavy atom. The number of benzene rings is 2. The zero-order valence-electron chi connectivity index (χ0n) is 20.1. The van der Waals surface area contributed by atoms with Gasteiger partial charge in [0.1, 0.15) is 11.6 Å². The summed E-state index contributed by atoms with van der Waals surface area (Å²) in [6.07, 6.45) is 6.03. The Hall–Kier alpha value is -2.97. The van der Waals surface area contributed by atoms with Crippen molar-refractivity contribution in [2.75, 3.05) is 13.7 Å². The monoisotopic (exact) mass is 483 g/mol. The Balaban J connectivity index is 1.74. The summed E-state index contributed by atoms with van der Waals surface area (Å²) in [6, 6.07) is 11.2. The minimum Gasteiger partial charge on any atom is -0.495 e. The highest BCUT2D eigenvalue weighted by atomic mass is 32.2. The molecular weight excluding hydrogens is 453 g/mol. The fourth-order valence-electron chi connectivity index (χ4n) is 4.39. The predicted octanol–water partition coefficient (Wildman–Crippen LogP) is 5.49. The van der Waals surface area contributed by atoms with Gasteiger partial charge in [0.2, 0.25) is 10.0 Å². The molecule has 0 amide bonds. The van der Waals surface area contributed by atoms with E-state index in [1.54, 1.807) is 31.6 Å². The summed E-state index contributed by atoms with van der Waals surface area (Å²) in [4.78, 5) is 4.62. The van der Waals surface area contributed by atoms with Crippen molar-refractivity contribution in [2.45, 2.75) is 40.2 Å². The number of nitrogens with zero attached hydrogens (tertiary/aromatic N) is 3. The fourth-order valence-corrected chi connectivity index (χ4v) is 6.60. The van der Waals surface area contributed by atoms with E-state index in [1.807, 2.05) is 56.7 Å². The van der Waals surface area contributed by atoms with E-state index in [9.17, 15) is 12.8 Å². The zero-order valence-corrected chi connectivity index (χ0v) is 20.9. The average molecular weight is 484 g/mol. The van der Waals surface area contributed by atoms with Gasteiger partial charge < -0.3 is 9.30 Å². The molecule has 1 aliphatic heterocycles. The summed E-state index contributed by atoms with van der Waals surface area (Å²) in [7, 11) is -2.17. The highest BCUT2D eigenvalue weighted by Crippen LogP contribution is 2.44. The van der Waals surface area contributed by atoms with E-state index in [1.165, 1.54) is 16.4 Å². The Morgan fingerprint density at radius 1 is 1.18 bits per heavy atom. The van der Waals surface area contributed by atoms with Crippen LogP contribution in [0.4, 0.5) is 4.39 Å². The molecule has 1 saturated heterocycles. The van der Waals surface area contributed by atoms with Crippen LogP contribution in [-0.4, -0.2) is 35.9 Å². The quantitative estimate of drug-likeness (QED) is 0.481. The molecule has 2 heterocycles. The van der Waals surface area contributed by atoms with E-state index in [0.717, 1.165) is 22.5 Å². The van der Waals surface area contributed by atoms with Gasteiger partial charge in [0.15, 0.2) is 0 Å². The van der Waals surface area contributed by atoms with Gasteiger partial charge in [-0.2, -0.15) is 4.31 Å². The number of imidazole rings is 1. The zero-order chi connectivity index (χ0) is 24.7. The van der Waals surface area contributed by atoms with Crippen molar-refractivity contribution in [3.63, 3.8) is 0 Å². The van der Waals surface area contributed by atoms with E-state index in [4.69, 9.17) is 4.74 Å². The first kappa shape index (κ1) is 24.2. The van der Waals surface area contributed by atoms with Crippen molar-refractivity contribution in [1.82, 2.24) is 13.9 Å². The summed E-state index contributed by atoms with van der Waals surface area (Å²) >= 11 is 0.